The summed E-state index contributed by atoms with van der Waals surface area (Å²) in [5.41, 5.74) is 0.252. The molecule has 3 heterocycles. The number of amides is 1. The van der Waals surface area contributed by atoms with Gasteiger partial charge in [-0.2, -0.15) is 0 Å². The van der Waals surface area contributed by atoms with E-state index in [-0.39, 0.29) is 5.41 Å². The molecule has 0 aliphatic carbocycles. The predicted octanol–water partition coefficient (Wildman–Crippen LogP) is 2.14. The molecule has 1 amide bonds. The Morgan fingerprint density at radius 1 is 1.28 bits per heavy atom. The van der Waals surface area contributed by atoms with Gasteiger partial charge in [-0.25, -0.2) is 4.98 Å². The molecule has 0 unspecified atom stereocenters. The van der Waals surface area contributed by atoms with Crippen LogP contribution in [0.25, 0.3) is 0 Å². The topological polar surface area (TPSA) is 50.6 Å². The van der Waals surface area contributed by atoms with E-state index in [4.69, 9.17) is 4.74 Å². The van der Waals surface area contributed by atoms with Gasteiger partial charge in [0.15, 0.2) is 0 Å². The number of carbonyl (C=O) groups is 1. The van der Waals surface area contributed by atoms with Crippen LogP contribution in [0.4, 0.5) is 0 Å². The number of carbonyl (C=O) groups excluding carboxylic acids is 1. The zero-order valence-electron chi connectivity index (χ0n) is 15.7. The Balaban J connectivity index is 1.63. The molecule has 2 aliphatic heterocycles. The number of imidazole rings is 1. The van der Waals surface area contributed by atoms with Crippen LogP contribution >= 0.6 is 0 Å². The summed E-state index contributed by atoms with van der Waals surface area (Å²) in [7, 11) is 1.70. The van der Waals surface area contributed by atoms with Gasteiger partial charge in [-0.05, 0) is 32.2 Å². The highest BCUT2D eigenvalue weighted by Gasteiger charge is 2.41. The van der Waals surface area contributed by atoms with Gasteiger partial charge in [-0.3, -0.25) is 9.69 Å². The second-order valence-corrected chi connectivity index (χ2v) is 7.66. The molecular weight excluding hydrogens is 316 g/mol. The van der Waals surface area contributed by atoms with E-state index >= 15 is 0 Å². The quantitative estimate of drug-likeness (QED) is 0.758. The number of rotatable bonds is 7. The maximum Gasteiger partial charge on any atom is 0.222 e. The van der Waals surface area contributed by atoms with Crippen LogP contribution in [0.15, 0.2) is 12.4 Å². The van der Waals surface area contributed by atoms with Crippen molar-refractivity contribution in [3.8, 4) is 0 Å². The lowest BCUT2D eigenvalue weighted by atomic mass is 9.73. The number of piperidine rings is 2. The van der Waals surface area contributed by atoms with Gasteiger partial charge in [0, 0.05) is 57.5 Å². The van der Waals surface area contributed by atoms with E-state index in [0.717, 1.165) is 52.1 Å². The standard InChI is InChI=1S/C19H32N4O2/c1-3-9-22-11-8-20-17(22)14-21-10-4-6-19(15-21)7-5-18(24)23(16-19)12-13-25-2/h8,11H,3-7,9-10,12-16H2,1-2H3/t19-/m1/s1. The molecular formula is C19H32N4O2. The Hall–Kier alpha value is -1.40. The Morgan fingerprint density at radius 3 is 2.96 bits per heavy atom. The minimum Gasteiger partial charge on any atom is -0.383 e. The first-order valence-electron chi connectivity index (χ1n) is 9.65. The molecule has 1 aromatic rings. The van der Waals surface area contributed by atoms with Crippen LogP contribution in [-0.2, 0) is 22.6 Å². The molecule has 0 N–H and O–H groups in total. The van der Waals surface area contributed by atoms with Gasteiger partial charge in [0.1, 0.15) is 5.82 Å². The van der Waals surface area contributed by atoms with Crippen molar-refractivity contribution in [1.82, 2.24) is 19.4 Å². The molecule has 2 fully saturated rings. The van der Waals surface area contributed by atoms with Crippen LogP contribution in [0.1, 0.15) is 44.9 Å². The minimum atomic E-state index is 0.252. The van der Waals surface area contributed by atoms with E-state index in [1.165, 1.54) is 18.7 Å². The van der Waals surface area contributed by atoms with Crippen LogP contribution in [0, 0.1) is 5.41 Å². The number of methoxy groups -OCH3 is 1. The number of likely N-dealkylation sites (tertiary alicyclic amines) is 2. The normalized spacial score (nSPS) is 25.0. The Bertz CT molecular complexity index is 574. The molecule has 3 rings (SSSR count). The highest BCUT2D eigenvalue weighted by Crippen LogP contribution is 2.39. The SMILES string of the molecule is CCCn1ccnc1CN1CCC[C@@]2(CCC(=O)N(CCOC)C2)C1. The van der Waals surface area contributed by atoms with E-state index in [0.29, 0.717) is 18.9 Å². The molecule has 2 aliphatic rings. The van der Waals surface area contributed by atoms with Gasteiger partial charge >= 0.3 is 0 Å². The molecule has 25 heavy (non-hydrogen) atoms. The first kappa shape index (κ1) is 18.4. The van der Waals surface area contributed by atoms with Crippen molar-refractivity contribution >= 4 is 5.91 Å². The zero-order valence-corrected chi connectivity index (χ0v) is 15.7. The van der Waals surface area contributed by atoms with Gasteiger partial charge in [-0.15, -0.1) is 0 Å². The summed E-state index contributed by atoms with van der Waals surface area (Å²) < 4.78 is 7.46. The van der Waals surface area contributed by atoms with E-state index in [1.54, 1.807) is 7.11 Å². The maximum absolute atomic E-state index is 12.2. The lowest BCUT2D eigenvalue weighted by molar-refractivity contribution is -0.140. The van der Waals surface area contributed by atoms with Crippen LogP contribution in [0.3, 0.4) is 0 Å². The van der Waals surface area contributed by atoms with Crippen LogP contribution < -0.4 is 0 Å². The average Bonchev–Trinajstić information content (AvgIpc) is 3.03. The van der Waals surface area contributed by atoms with Gasteiger partial charge in [-0.1, -0.05) is 6.92 Å². The third-order valence-electron chi connectivity index (χ3n) is 5.69. The molecule has 6 nitrogen and oxygen atoms in total. The van der Waals surface area contributed by atoms with Crippen molar-refractivity contribution in [3.63, 3.8) is 0 Å². The van der Waals surface area contributed by atoms with Crippen LogP contribution in [0.5, 0.6) is 0 Å². The highest BCUT2D eigenvalue weighted by molar-refractivity contribution is 5.77. The van der Waals surface area contributed by atoms with Crippen molar-refractivity contribution in [3.05, 3.63) is 18.2 Å². The van der Waals surface area contributed by atoms with Crippen molar-refractivity contribution in [2.24, 2.45) is 5.41 Å². The summed E-state index contributed by atoms with van der Waals surface area (Å²) in [5.74, 6) is 1.46. The molecule has 6 heteroatoms. The smallest absolute Gasteiger partial charge is 0.222 e. The lowest BCUT2D eigenvalue weighted by Crippen LogP contribution is -2.54. The molecule has 0 aromatic carbocycles. The second-order valence-electron chi connectivity index (χ2n) is 7.66. The predicted molar refractivity (Wildman–Crippen MR) is 97.2 cm³/mol. The summed E-state index contributed by atoms with van der Waals surface area (Å²) in [6.45, 7) is 8.59. The van der Waals surface area contributed by atoms with Gasteiger partial charge in [0.25, 0.3) is 0 Å². The van der Waals surface area contributed by atoms with Crippen LogP contribution in [0.2, 0.25) is 0 Å². The van der Waals surface area contributed by atoms with Gasteiger partial charge in [0.2, 0.25) is 5.91 Å². The molecule has 2 saturated heterocycles. The first-order chi connectivity index (χ1) is 12.2. The Labute approximate surface area is 151 Å². The summed E-state index contributed by atoms with van der Waals surface area (Å²) >= 11 is 0. The number of ether oxygens (including phenoxy) is 1. The largest absolute Gasteiger partial charge is 0.383 e. The third kappa shape index (κ3) is 4.42. The number of hydrogen-bond donors (Lipinski definition) is 0. The van der Waals surface area contributed by atoms with Crippen molar-refractivity contribution < 1.29 is 9.53 Å². The molecule has 0 radical (unpaired) electrons. The molecule has 0 saturated carbocycles. The van der Waals surface area contributed by atoms with Gasteiger partial charge in [0.05, 0.1) is 13.2 Å². The summed E-state index contributed by atoms with van der Waals surface area (Å²) in [6, 6.07) is 0. The third-order valence-corrected chi connectivity index (χ3v) is 5.69. The Kier molecular flexibility index (Phi) is 6.12. The monoisotopic (exact) mass is 348 g/mol. The Morgan fingerprint density at radius 2 is 2.16 bits per heavy atom. The van der Waals surface area contributed by atoms with Gasteiger partial charge < -0.3 is 14.2 Å². The van der Waals surface area contributed by atoms with Crippen molar-refractivity contribution in [2.75, 3.05) is 39.9 Å². The molecule has 140 valence electrons. The number of aryl methyl sites for hydroxylation is 1. The fourth-order valence-corrected chi connectivity index (χ4v) is 4.42. The fraction of sp³-hybridized carbons (Fsp3) is 0.789. The molecule has 1 aromatic heterocycles. The highest BCUT2D eigenvalue weighted by atomic mass is 16.5. The summed E-state index contributed by atoms with van der Waals surface area (Å²) in [6.07, 6.45) is 9.27. The van der Waals surface area contributed by atoms with E-state index in [1.807, 2.05) is 11.1 Å². The fourth-order valence-electron chi connectivity index (χ4n) is 4.42. The second kappa shape index (κ2) is 8.32. The molecule has 0 bridgehead atoms. The molecule has 1 atom stereocenters. The van der Waals surface area contributed by atoms with Crippen molar-refractivity contribution in [2.45, 2.75) is 52.1 Å². The number of nitrogens with zero attached hydrogens (tertiary/aromatic N) is 4. The van der Waals surface area contributed by atoms with Crippen LogP contribution in [-0.4, -0.2) is 65.2 Å². The first-order valence-corrected chi connectivity index (χ1v) is 9.65. The lowest BCUT2D eigenvalue weighted by Gasteiger charge is -2.48. The zero-order chi connectivity index (χ0) is 17.7. The molecule has 1 spiro atoms. The summed E-state index contributed by atoms with van der Waals surface area (Å²) in [5, 5.41) is 0. The van der Waals surface area contributed by atoms with Crippen molar-refractivity contribution in [1.29, 1.82) is 0 Å². The number of hydrogen-bond acceptors (Lipinski definition) is 4. The van der Waals surface area contributed by atoms with E-state index in [2.05, 4.69) is 27.6 Å². The summed E-state index contributed by atoms with van der Waals surface area (Å²) in [4.78, 5) is 21.4. The average molecular weight is 348 g/mol. The minimum absolute atomic E-state index is 0.252. The van der Waals surface area contributed by atoms with E-state index < -0.39 is 0 Å². The maximum atomic E-state index is 12.2. The number of aromatic nitrogens is 2. The van der Waals surface area contributed by atoms with E-state index in [9.17, 15) is 4.79 Å².